The van der Waals surface area contributed by atoms with Crippen LogP contribution in [0.1, 0.15) is 43.4 Å². The molecular weight excluding hydrogens is 527 g/mol. The first-order valence-electron chi connectivity index (χ1n) is 12.9. The van der Waals surface area contributed by atoms with Gasteiger partial charge in [-0.2, -0.15) is 0 Å². The lowest BCUT2D eigenvalue weighted by molar-refractivity contribution is 1.08. The summed E-state index contributed by atoms with van der Waals surface area (Å²) in [4.78, 5) is 7.02. The van der Waals surface area contributed by atoms with Crippen LogP contribution in [0.25, 0.3) is 59.9 Å². The van der Waals surface area contributed by atoms with E-state index in [9.17, 15) is 0 Å². The van der Waals surface area contributed by atoms with Gasteiger partial charge in [-0.3, -0.25) is 4.98 Å². The molecule has 2 aromatic carbocycles. The number of nitrogens with zero attached hydrogens (tertiary/aromatic N) is 3. The molecule has 40 heavy (non-hydrogen) atoms. The van der Waals surface area contributed by atoms with Crippen molar-refractivity contribution >= 4 is 71.3 Å². The normalized spacial score (nSPS) is 12.1. The Morgan fingerprint density at radius 3 is 1.73 bits per heavy atom. The predicted molar refractivity (Wildman–Crippen MR) is 174 cm³/mol. The number of aromatic nitrogens is 3. The van der Waals surface area contributed by atoms with E-state index in [2.05, 4.69) is 117 Å². The first kappa shape index (κ1) is 25.6. The van der Waals surface area contributed by atoms with Crippen LogP contribution in [0.3, 0.4) is 0 Å². The lowest BCUT2D eigenvalue weighted by Crippen LogP contribution is -1.75. The summed E-state index contributed by atoms with van der Waals surface area (Å²) in [6.45, 7) is 0. The largest absolute Gasteiger partial charge is 0.255 e. The summed E-state index contributed by atoms with van der Waals surface area (Å²) in [5.74, 6) is 0. The quantitative estimate of drug-likeness (QED) is 0.189. The first-order valence-corrected chi connectivity index (χ1v) is 14.7. The average molecular weight is 552 g/mol. The summed E-state index contributed by atoms with van der Waals surface area (Å²) in [6, 6.07) is 29.0. The minimum absolute atomic E-state index is 0.775. The van der Waals surface area contributed by atoms with Gasteiger partial charge >= 0.3 is 0 Å². The molecule has 0 amide bonds. The van der Waals surface area contributed by atoms with Crippen molar-refractivity contribution in [2.24, 2.45) is 0 Å². The number of hydrogen-bond donors (Lipinski definition) is 0. The highest BCUT2D eigenvalue weighted by Crippen LogP contribution is 2.27. The molecule has 0 aliphatic carbocycles. The molecule has 0 fully saturated rings. The van der Waals surface area contributed by atoms with Crippen LogP contribution in [0.4, 0.5) is 0 Å². The van der Waals surface area contributed by atoms with Crippen molar-refractivity contribution in [2.75, 3.05) is 0 Å². The van der Waals surface area contributed by atoms with E-state index in [1.165, 1.54) is 32.0 Å². The van der Waals surface area contributed by atoms with Crippen molar-refractivity contribution in [1.82, 2.24) is 15.2 Å². The Morgan fingerprint density at radius 2 is 1.10 bits per heavy atom. The maximum atomic E-state index is 4.65. The lowest BCUT2D eigenvalue weighted by Gasteiger charge is -1.94. The molecular formula is C35H25N3S2. The zero-order valence-corrected chi connectivity index (χ0v) is 23.2. The van der Waals surface area contributed by atoms with Gasteiger partial charge in [-0.05, 0) is 81.6 Å². The molecule has 0 N–H and O–H groups in total. The van der Waals surface area contributed by atoms with Crippen molar-refractivity contribution in [3.63, 3.8) is 0 Å². The van der Waals surface area contributed by atoms with Crippen LogP contribution >= 0.6 is 22.7 Å². The van der Waals surface area contributed by atoms with Crippen molar-refractivity contribution in [2.45, 2.75) is 0 Å². The molecule has 4 aromatic rings. The monoisotopic (exact) mass is 551 g/mol. The third-order valence-electron chi connectivity index (χ3n) is 6.34. The number of thiophene rings is 2. The zero-order chi connectivity index (χ0) is 27.0. The van der Waals surface area contributed by atoms with Gasteiger partial charge in [0, 0.05) is 15.3 Å². The summed E-state index contributed by atoms with van der Waals surface area (Å²) in [7, 11) is 0. The summed E-state index contributed by atoms with van der Waals surface area (Å²) < 4.78 is 0. The van der Waals surface area contributed by atoms with E-state index in [1.54, 1.807) is 28.9 Å². The number of rotatable bonds is 8. The maximum Gasteiger partial charge on any atom is 0.113 e. The first-order chi connectivity index (χ1) is 19.8. The molecule has 4 heterocycles. The van der Waals surface area contributed by atoms with Gasteiger partial charge in [0.05, 0.1) is 17.6 Å². The third-order valence-corrected chi connectivity index (χ3v) is 8.13. The SMILES string of the molecule is C(=C\c1ccsc1/C=C/c1ccc2c(/C=C/c3sccc3/C=C/c3ccccc3)nnc-2cn1)/c1ccccc1. The second-order valence-electron chi connectivity index (χ2n) is 9.04. The fraction of sp³-hybridized carbons (Fsp3) is 0. The zero-order valence-electron chi connectivity index (χ0n) is 21.6. The molecule has 192 valence electrons. The molecule has 0 spiro atoms. The van der Waals surface area contributed by atoms with E-state index in [-0.39, 0.29) is 0 Å². The molecule has 5 heteroatoms. The van der Waals surface area contributed by atoms with Gasteiger partial charge in [-0.15, -0.1) is 32.9 Å². The maximum absolute atomic E-state index is 4.65. The third kappa shape index (κ3) is 6.29. The predicted octanol–water partition coefficient (Wildman–Crippen LogP) is 9.78. The Balaban J connectivity index is 1.19. The van der Waals surface area contributed by atoms with Crippen LogP contribution in [0.2, 0.25) is 0 Å². The standard InChI is InChI=1S/C35H25N3S2/c1-3-7-26(8-4-1)11-13-28-21-23-39-34(28)19-16-30-15-17-31-32(37-38-33(31)25-36-30)18-20-35-29(22-24-40-35)14-12-27-9-5-2-6-10-27/h1-25H/b13-11+,14-12+,19-16+,20-18+. The van der Waals surface area contributed by atoms with Gasteiger partial charge in [-0.25, -0.2) is 0 Å². The topological polar surface area (TPSA) is 38.7 Å². The van der Waals surface area contributed by atoms with Crippen molar-refractivity contribution < 1.29 is 0 Å². The van der Waals surface area contributed by atoms with E-state index in [0.717, 1.165) is 22.6 Å². The Hall–Kier alpha value is -4.71. The Labute approximate surface area is 242 Å². The van der Waals surface area contributed by atoms with Gasteiger partial charge < -0.3 is 0 Å². The minimum atomic E-state index is 0.775. The Kier molecular flexibility index (Phi) is 7.94. The molecule has 2 aromatic heterocycles. The molecule has 0 saturated carbocycles. The van der Waals surface area contributed by atoms with Crippen LogP contribution in [0, 0.1) is 0 Å². The van der Waals surface area contributed by atoms with Gasteiger partial charge in [0.2, 0.25) is 0 Å². The second kappa shape index (κ2) is 12.4. The highest BCUT2D eigenvalue weighted by Gasteiger charge is 2.10. The summed E-state index contributed by atoms with van der Waals surface area (Å²) in [5, 5.41) is 13.0. The van der Waals surface area contributed by atoms with Gasteiger partial charge in [0.1, 0.15) is 5.69 Å². The van der Waals surface area contributed by atoms with E-state index in [4.69, 9.17) is 0 Å². The van der Waals surface area contributed by atoms with E-state index in [1.807, 2.05) is 42.5 Å². The van der Waals surface area contributed by atoms with Crippen molar-refractivity contribution in [3.8, 4) is 11.3 Å². The van der Waals surface area contributed by atoms with Gasteiger partial charge in [0.25, 0.3) is 0 Å². The summed E-state index contributed by atoms with van der Waals surface area (Å²) in [6.07, 6.45) is 18.7. The lowest BCUT2D eigenvalue weighted by atomic mass is 10.1. The highest BCUT2D eigenvalue weighted by atomic mass is 32.1. The summed E-state index contributed by atoms with van der Waals surface area (Å²) in [5.41, 5.74) is 8.19. The van der Waals surface area contributed by atoms with Crippen LogP contribution in [-0.2, 0) is 0 Å². The smallest absolute Gasteiger partial charge is 0.113 e. The van der Waals surface area contributed by atoms with Crippen LogP contribution in [0.5, 0.6) is 0 Å². The highest BCUT2D eigenvalue weighted by molar-refractivity contribution is 7.11. The molecule has 0 atom stereocenters. The van der Waals surface area contributed by atoms with E-state index >= 15 is 0 Å². The molecule has 6 rings (SSSR count). The Bertz CT molecular complexity index is 1790. The van der Waals surface area contributed by atoms with Gasteiger partial charge in [-0.1, -0.05) is 85.0 Å². The van der Waals surface area contributed by atoms with Crippen LogP contribution in [0.15, 0.2) is 102 Å². The molecule has 0 radical (unpaired) electrons. The minimum Gasteiger partial charge on any atom is -0.255 e. The number of benzene rings is 2. The van der Waals surface area contributed by atoms with Crippen LogP contribution in [-0.4, -0.2) is 15.2 Å². The average Bonchev–Trinajstić information content (AvgIpc) is 3.71. The molecule has 0 saturated heterocycles. The van der Waals surface area contributed by atoms with Gasteiger partial charge in [0.15, 0.2) is 0 Å². The molecule has 0 unspecified atom stereocenters. The van der Waals surface area contributed by atoms with Crippen LogP contribution < -0.4 is 0 Å². The number of fused-ring (bicyclic) bond motifs is 1. The fourth-order valence-corrected chi connectivity index (χ4v) is 5.77. The molecule has 0 bridgehead atoms. The second-order valence-corrected chi connectivity index (χ2v) is 10.9. The number of hydrogen-bond acceptors (Lipinski definition) is 5. The molecule has 2 aliphatic rings. The molecule has 3 nitrogen and oxygen atoms in total. The van der Waals surface area contributed by atoms with E-state index in [0.29, 0.717) is 0 Å². The fourth-order valence-electron chi connectivity index (χ4n) is 4.21. The van der Waals surface area contributed by atoms with Crippen molar-refractivity contribution in [1.29, 1.82) is 0 Å². The van der Waals surface area contributed by atoms with Crippen molar-refractivity contribution in [3.05, 3.63) is 145 Å². The molecule has 2 aliphatic heterocycles. The van der Waals surface area contributed by atoms with E-state index < -0.39 is 0 Å². The summed E-state index contributed by atoms with van der Waals surface area (Å²) >= 11 is 3.42. The Morgan fingerprint density at radius 1 is 0.500 bits per heavy atom.